The molecule has 2 N–H and O–H groups in total. The van der Waals surface area contributed by atoms with Crippen molar-refractivity contribution in [3.05, 3.63) is 29.8 Å². The van der Waals surface area contributed by atoms with Gasteiger partial charge in [0, 0.05) is 19.1 Å². The normalized spacial score (nSPS) is 24.4. The molecule has 2 rings (SSSR count). The van der Waals surface area contributed by atoms with Crippen LogP contribution < -0.4 is 10.5 Å². The molecule has 0 aromatic heterocycles. The summed E-state index contributed by atoms with van der Waals surface area (Å²) in [5, 5.41) is 0. The van der Waals surface area contributed by atoms with Crippen LogP contribution in [0.15, 0.2) is 24.3 Å². The first-order chi connectivity index (χ1) is 8.19. The topological polar surface area (TPSA) is 38.5 Å². The van der Waals surface area contributed by atoms with Crippen molar-refractivity contribution in [1.29, 1.82) is 0 Å². The lowest BCUT2D eigenvalue weighted by atomic mass is 9.94. The molecule has 1 aliphatic rings. The van der Waals surface area contributed by atoms with Crippen LogP contribution in [-0.4, -0.2) is 31.1 Å². The van der Waals surface area contributed by atoms with E-state index in [9.17, 15) is 0 Å². The highest BCUT2D eigenvalue weighted by molar-refractivity contribution is 5.85. The Hall–Kier alpha value is -0.770. The molecule has 2 unspecified atom stereocenters. The average molecular weight is 271 g/mol. The molecule has 2 atom stereocenters. The SMILES string of the molecule is COc1cccc(CN2CCC(N)C(C)C2)c1.Cl. The minimum atomic E-state index is 0. The molecule has 4 heteroatoms. The third kappa shape index (κ3) is 3.87. The average Bonchev–Trinajstić information content (AvgIpc) is 2.34. The van der Waals surface area contributed by atoms with Crippen LogP contribution in [-0.2, 0) is 6.54 Å². The zero-order chi connectivity index (χ0) is 12.3. The van der Waals surface area contributed by atoms with E-state index < -0.39 is 0 Å². The molecule has 1 saturated heterocycles. The molecule has 0 aliphatic carbocycles. The Balaban J connectivity index is 0.00000162. The Kier molecular flexibility index (Phi) is 5.93. The van der Waals surface area contributed by atoms with Crippen LogP contribution in [0.5, 0.6) is 5.75 Å². The second kappa shape index (κ2) is 6.98. The van der Waals surface area contributed by atoms with Crippen molar-refractivity contribution in [2.24, 2.45) is 11.7 Å². The maximum absolute atomic E-state index is 6.03. The number of piperidine rings is 1. The molecule has 1 heterocycles. The molecule has 3 nitrogen and oxygen atoms in total. The molecule has 1 fully saturated rings. The number of halogens is 1. The van der Waals surface area contributed by atoms with Crippen LogP contribution in [0.1, 0.15) is 18.9 Å². The summed E-state index contributed by atoms with van der Waals surface area (Å²) in [5.41, 5.74) is 7.34. The highest BCUT2D eigenvalue weighted by Crippen LogP contribution is 2.19. The fourth-order valence-corrected chi connectivity index (χ4v) is 2.42. The standard InChI is InChI=1S/C14H22N2O.ClH/c1-11-9-16(7-6-14(11)15)10-12-4-3-5-13(8-12)17-2;/h3-5,8,11,14H,6-7,9-10,15H2,1-2H3;1H. The van der Waals surface area contributed by atoms with Crippen LogP contribution in [0.4, 0.5) is 0 Å². The molecular weight excluding hydrogens is 248 g/mol. The summed E-state index contributed by atoms with van der Waals surface area (Å²) < 4.78 is 5.24. The Bertz CT molecular complexity index is 373. The third-order valence-electron chi connectivity index (χ3n) is 3.60. The van der Waals surface area contributed by atoms with Crippen molar-refractivity contribution in [2.45, 2.75) is 25.9 Å². The second-order valence-electron chi connectivity index (χ2n) is 5.02. The maximum atomic E-state index is 6.03. The predicted octanol–water partition coefficient (Wildman–Crippen LogP) is 2.29. The molecule has 0 radical (unpaired) electrons. The van der Waals surface area contributed by atoms with E-state index in [1.54, 1.807) is 7.11 Å². The van der Waals surface area contributed by atoms with E-state index >= 15 is 0 Å². The summed E-state index contributed by atoms with van der Waals surface area (Å²) in [6.45, 7) is 5.43. The highest BCUT2D eigenvalue weighted by atomic mass is 35.5. The summed E-state index contributed by atoms with van der Waals surface area (Å²) in [4.78, 5) is 2.48. The number of nitrogens with zero attached hydrogens (tertiary/aromatic N) is 1. The largest absolute Gasteiger partial charge is 0.497 e. The van der Waals surface area contributed by atoms with Gasteiger partial charge in [-0.05, 0) is 36.6 Å². The summed E-state index contributed by atoms with van der Waals surface area (Å²) in [6, 6.07) is 8.67. The number of methoxy groups -OCH3 is 1. The number of nitrogens with two attached hydrogens (primary N) is 1. The number of hydrogen-bond acceptors (Lipinski definition) is 3. The van der Waals surface area contributed by atoms with Crippen LogP contribution in [0.3, 0.4) is 0 Å². The van der Waals surface area contributed by atoms with Crippen molar-refractivity contribution >= 4 is 12.4 Å². The fourth-order valence-electron chi connectivity index (χ4n) is 2.42. The zero-order valence-corrected chi connectivity index (χ0v) is 12.0. The molecule has 0 spiro atoms. The van der Waals surface area contributed by atoms with Gasteiger partial charge in [0.2, 0.25) is 0 Å². The fraction of sp³-hybridized carbons (Fsp3) is 0.571. The number of likely N-dealkylation sites (tertiary alicyclic amines) is 1. The molecule has 1 aromatic carbocycles. The van der Waals surface area contributed by atoms with Gasteiger partial charge in [-0.2, -0.15) is 0 Å². The Morgan fingerprint density at radius 2 is 2.22 bits per heavy atom. The summed E-state index contributed by atoms with van der Waals surface area (Å²) in [7, 11) is 1.71. The number of hydrogen-bond donors (Lipinski definition) is 1. The van der Waals surface area contributed by atoms with Crippen LogP contribution in [0, 0.1) is 5.92 Å². The quantitative estimate of drug-likeness (QED) is 0.916. The van der Waals surface area contributed by atoms with E-state index in [2.05, 4.69) is 24.0 Å². The van der Waals surface area contributed by atoms with E-state index in [4.69, 9.17) is 10.5 Å². The molecule has 0 saturated carbocycles. The van der Waals surface area contributed by atoms with Gasteiger partial charge in [0.05, 0.1) is 7.11 Å². The van der Waals surface area contributed by atoms with Gasteiger partial charge in [0.25, 0.3) is 0 Å². The van der Waals surface area contributed by atoms with Gasteiger partial charge in [-0.1, -0.05) is 19.1 Å². The first-order valence-corrected chi connectivity index (χ1v) is 6.30. The lowest BCUT2D eigenvalue weighted by Crippen LogP contribution is -2.45. The van der Waals surface area contributed by atoms with Gasteiger partial charge in [-0.15, -0.1) is 12.4 Å². The predicted molar refractivity (Wildman–Crippen MR) is 77.3 cm³/mol. The zero-order valence-electron chi connectivity index (χ0n) is 11.1. The molecule has 102 valence electrons. The first-order valence-electron chi connectivity index (χ1n) is 6.30. The monoisotopic (exact) mass is 270 g/mol. The Morgan fingerprint density at radius 1 is 1.44 bits per heavy atom. The summed E-state index contributed by atoms with van der Waals surface area (Å²) in [6.07, 6.45) is 1.10. The van der Waals surface area contributed by atoms with Crippen molar-refractivity contribution in [3.8, 4) is 5.75 Å². The third-order valence-corrected chi connectivity index (χ3v) is 3.60. The van der Waals surface area contributed by atoms with Crippen LogP contribution >= 0.6 is 12.4 Å². The highest BCUT2D eigenvalue weighted by Gasteiger charge is 2.22. The molecule has 0 amide bonds. The first kappa shape index (κ1) is 15.3. The van der Waals surface area contributed by atoms with E-state index in [1.165, 1.54) is 5.56 Å². The molecule has 1 aromatic rings. The molecule has 0 bridgehead atoms. The van der Waals surface area contributed by atoms with E-state index in [1.807, 2.05) is 12.1 Å². The van der Waals surface area contributed by atoms with Crippen LogP contribution in [0.2, 0.25) is 0 Å². The number of rotatable bonds is 3. The smallest absolute Gasteiger partial charge is 0.119 e. The molecular formula is C14H23ClN2O. The lowest BCUT2D eigenvalue weighted by Gasteiger charge is -2.35. The van der Waals surface area contributed by atoms with Gasteiger partial charge >= 0.3 is 0 Å². The molecule has 1 aliphatic heterocycles. The number of ether oxygens (including phenoxy) is 1. The minimum absolute atomic E-state index is 0. The summed E-state index contributed by atoms with van der Waals surface area (Å²) in [5.74, 6) is 1.53. The van der Waals surface area contributed by atoms with Gasteiger partial charge < -0.3 is 10.5 Å². The maximum Gasteiger partial charge on any atom is 0.119 e. The molecule has 18 heavy (non-hydrogen) atoms. The summed E-state index contributed by atoms with van der Waals surface area (Å²) >= 11 is 0. The Labute approximate surface area is 116 Å². The van der Waals surface area contributed by atoms with Crippen molar-refractivity contribution in [2.75, 3.05) is 20.2 Å². The van der Waals surface area contributed by atoms with Crippen LogP contribution in [0.25, 0.3) is 0 Å². The van der Waals surface area contributed by atoms with Crippen molar-refractivity contribution < 1.29 is 4.74 Å². The lowest BCUT2D eigenvalue weighted by molar-refractivity contribution is 0.157. The van der Waals surface area contributed by atoms with Crippen molar-refractivity contribution in [1.82, 2.24) is 4.90 Å². The van der Waals surface area contributed by atoms with E-state index in [0.717, 1.165) is 31.8 Å². The number of benzene rings is 1. The van der Waals surface area contributed by atoms with Gasteiger partial charge in [-0.25, -0.2) is 0 Å². The van der Waals surface area contributed by atoms with E-state index in [0.29, 0.717) is 12.0 Å². The van der Waals surface area contributed by atoms with Gasteiger partial charge in [0.1, 0.15) is 5.75 Å². The van der Waals surface area contributed by atoms with E-state index in [-0.39, 0.29) is 12.4 Å². The van der Waals surface area contributed by atoms with Gasteiger partial charge in [-0.3, -0.25) is 4.90 Å². The second-order valence-corrected chi connectivity index (χ2v) is 5.02. The Morgan fingerprint density at radius 3 is 2.89 bits per heavy atom. The van der Waals surface area contributed by atoms with Crippen molar-refractivity contribution in [3.63, 3.8) is 0 Å². The van der Waals surface area contributed by atoms with Gasteiger partial charge in [0.15, 0.2) is 0 Å². The minimum Gasteiger partial charge on any atom is -0.497 e.